The lowest BCUT2D eigenvalue weighted by atomic mass is 10.0. The summed E-state index contributed by atoms with van der Waals surface area (Å²) in [7, 11) is 1.75. The highest BCUT2D eigenvalue weighted by Gasteiger charge is 2.37. The number of methoxy groups -OCH3 is 1. The normalized spacial score (nSPS) is 32.2. The van der Waals surface area contributed by atoms with Crippen LogP contribution in [0.15, 0.2) is 0 Å². The molecule has 4 nitrogen and oxygen atoms in total. The van der Waals surface area contributed by atoms with Gasteiger partial charge in [0.05, 0.1) is 13.2 Å². The van der Waals surface area contributed by atoms with Crippen molar-refractivity contribution in [2.24, 2.45) is 5.73 Å². The second-order valence-corrected chi connectivity index (χ2v) is 4.56. The quantitative estimate of drug-likeness (QED) is 0.711. The lowest BCUT2D eigenvalue weighted by Gasteiger charge is -2.38. The highest BCUT2D eigenvalue weighted by Crippen LogP contribution is 2.30. The number of rotatable bonds is 5. The largest absolute Gasteiger partial charge is 0.383 e. The SMILES string of the molecule is COCCN(C1CC1)C1COCCC1N. The fourth-order valence-electron chi connectivity index (χ4n) is 2.30. The Morgan fingerprint density at radius 3 is 2.80 bits per heavy atom. The minimum atomic E-state index is 0.274. The molecular weight excluding hydrogens is 192 g/mol. The van der Waals surface area contributed by atoms with E-state index in [9.17, 15) is 0 Å². The Bertz CT molecular complexity index is 197. The predicted octanol–water partition coefficient (Wildman–Crippen LogP) is 0.213. The molecular formula is C11H22N2O2. The van der Waals surface area contributed by atoms with Crippen LogP contribution in [0.1, 0.15) is 19.3 Å². The number of nitrogens with zero attached hydrogens (tertiary/aromatic N) is 1. The lowest BCUT2D eigenvalue weighted by molar-refractivity contribution is -0.00571. The van der Waals surface area contributed by atoms with Gasteiger partial charge in [-0.2, -0.15) is 0 Å². The zero-order valence-corrected chi connectivity index (χ0v) is 9.52. The van der Waals surface area contributed by atoms with E-state index in [0.717, 1.165) is 38.8 Å². The maximum absolute atomic E-state index is 6.15. The van der Waals surface area contributed by atoms with Crippen molar-refractivity contribution < 1.29 is 9.47 Å². The fourth-order valence-corrected chi connectivity index (χ4v) is 2.30. The topological polar surface area (TPSA) is 47.7 Å². The summed E-state index contributed by atoms with van der Waals surface area (Å²) in [5.74, 6) is 0. The van der Waals surface area contributed by atoms with Crippen molar-refractivity contribution >= 4 is 0 Å². The second-order valence-electron chi connectivity index (χ2n) is 4.56. The molecule has 0 amide bonds. The molecule has 15 heavy (non-hydrogen) atoms. The summed E-state index contributed by atoms with van der Waals surface area (Å²) in [5.41, 5.74) is 6.15. The van der Waals surface area contributed by atoms with Crippen molar-refractivity contribution in [2.75, 3.05) is 33.5 Å². The molecule has 2 N–H and O–H groups in total. The molecule has 0 bridgehead atoms. The van der Waals surface area contributed by atoms with Gasteiger partial charge in [-0.3, -0.25) is 4.90 Å². The number of ether oxygens (including phenoxy) is 2. The third-order valence-electron chi connectivity index (χ3n) is 3.37. The first kappa shape index (κ1) is 11.3. The molecule has 1 aliphatic carbocycles. The Labute approximate surface area is 91.7 Å². The summed E-state index contributed by atoms with van der Waals surface area (Å²) in [5, 5.41) is 0. The van der Waals surface area contributed by atoms with E-state index in [-0.39, 0.29) is 6.04 Å². The van der Waals surface area contributed by atoms with E-state index in [1.807, 2.05) is 0 Å². The monoisotopic (exact) mass is 214 g/mol. The molecule has 0 radical (unpaired) electrons. The number of hydrogen-bond donors (Lipinski definition) is 1. The zero-order valence-electron chi connectivity index (χ0n) is 9.52. The van der Waals surface area contributed by atoms with Gasteiger partial charge in [-0.25, -0.2) is 0 Å². The molecule has 2 fully saturated rings. The molecule has 1 heterocycles. The summed E-state index contributed by atoms with van der Waals surface area (Å²) >= 11 is 0. The van der Waals surface area contributed by atoms with Gasteiger partial charge < -0.3 is 15.2 Å². The van der Waals surface area contributed by atoms with Crippen molar-refractivity contribution in [1.82, 2.24) is 4.90 Å². The lowest BCUT2D eigenvalue weighted by Crippen LogP contribution is -2.55. The smallest absolute Gasteiger partial charge is 0.0637 e. The molecule has 2 aliphatic rings. The van der Waals surface area contributed by atoms with Crippen LogP contribution < -0.4 is 5.73 Å². The summed E-state index contributed by atoms with van der Waals surface area (Å²) < 4.78 is 10.7. The third kappa shape index (κ3) is 2.91. The average molecular weight is 214 g/mol. The van der Waals surface area contributed by atoms with Gasteiger partial charge in [-0.15, -0.1) is 0 Å². The van der Waals surface area contributed by atoms with Gasteiger partial charge in [-0.05, 0) is 19.3 Å². The van der Waals surface area contributed by atoms with Gasteiger partial charge in [0.15, 0.2) is 0 Å². The molecule has 0 aromatic heterocycles. The Hall–Kier alpha value is -0.160. The average Bonchev–Trinajstić information content (AvgIpc) is 3.05. The van der Waals surface area contributed by atoms with Crippen LogP contribution in [-0.2, 0) is 9.47 Å². The standard InChI is InChI=1S/C11H22N2O2/c1-14-7-5-13(9-2-3-9)11-8-15-6-4-10(11)12/h9-11H,2-8,12H2,1H3. The van der Waals surface area contributed by atoms with Crippen LogP contribution in [0, 0.1) is 0 Å². The Morgan fingerprint density at radius 1 is 1.40 bits per heavy atom. The van der Waals surface area contributed by atoms with Crippen molar-refractivity contribution in [3.63, 3.8) is 0 Å². The first-order valence-electron chi connectivity index (χ1n) is 5.91. The van der Waals surface area contributed by atoms with Crippen LogP contribution in [0.5, 0.6) is 0 Å². The molecule has 88 valence electrons. The molecule has 2 unspecified atom stereocenters. The predicted molar refractivity (Wildman–Crippen MR) is 58.8 cm³/mol. The maximum Gasteiger partial charge on any atom is 0.0637 e. The number of nitrogens with two attached hydrogens (primary N) is 1. The molecule has 1 saturated heterocycles. The van der Waals surface area contributed by atoms with E-state index >= 15 is 0 Å². The molecule has 2 rings (SSSR count). The van der Waals surface area contributed by atoms with Gasteiger partial charge in [0, 0.05) is 38.4 Å². The van der Waals surface area contributed by atoms with Gasteiger partial charge in [0.1, 0.15) is 0 Å². The summed E-state index contributed by atoms with van der Waals surface area (Å²) in [4.78, 5) is 2.49. The van der Waals surface area contributed by atoms with Crippen molar-refractivity contribution in [3.8, 4) is 0 Å². The van der Waals surface area contributed by atoms with Gasteiger partial charge in [-0.1, -0.05) is 0 Å². The maximum atomic E-state index is 6.15. The van der Waals surface area contributed by atoms with Crippen LogP contribution in [0.4, 0.5) is 0 Å². The summed E-state index contributed by atoms with van der Waals surface area (Å²) in [6.45, 7) is 3.39. The van der Waals surface area contributed by atoms with Crippen LogP contribution in [-0.4, -0.2) is 56.5 Å². The van der Waals surface area contributed by atoms with E-state index in [4.69, 9.17) is 15.2 Å². The molecule has 1 aliphatic heterocycles. The van der Waals surface area contributed by atoms with Crippen molar-refractivity contribution in [1.29, 1.82) is 0 Å². The molecule has 0 aromatic rings. The third-order valence-corrected chi connectivity index (χ3v) is 3.37. The summed E-state index contributed by atoms with van der Waals surface area (Å²) in [6, 6.07) is 1.41. The second kappa shape index (κ2) is 5.25. The Balaban J connectivity index is 1.89. The van der Waals surface area contributed by atoms with Crippen LogP contribution in [0.25, 0.3) is 0 Å². The fraction of sp³-hybridized carbons (Fsp3) is 1.00. The van der Waals surface area contributed by atoms with Crippen molar-refractivity contribution in [3.05, 3.63) is 0 Å². The van der Waals surface area contributed by atoms with Gasteiger partial charge >= 0.3 is 0 Å². The minimum absolute atomic E-state index is 0.274. The Kier molecular flexibility index (Phi) is 3.97. The molecule has 0 spiro atoms. The first-order valence-corrected chi connectivity index (χ1v) is 5.91. The first-order chi connectivity index (χ1) is 7.33. The molecule has 2 atom stereocenters. The van der Waals surface area contributed by atoms with Gasteiger partial charge in [0.2, 0.25) is 0 Å². The zero-order chi connectivity index (χ0) is 10.7. The molecule has 0 aromatic carbocycles. The van der Waals surface area contributed by atoms with Crippen LogP contribution in [0.3, 0.4) is 0 Å². The minimum Gasteiger partial charge on any atom is -0.383 e. The molecule has 4 heteroatoms. The van der Waals surface area contributed by atoms with E-state index in [0.29, 0.717) is 6.04 Å². The van der Waals surface area contributed by atoms with Gasteiger partial charge in [0.25, 0.3) is 0 Å². The summed E-state index contributed by atoms with van der Waals surface area (Å²) in [6.07, 6.45) is 3.61. The molecule has 1 saturated carbocycles. The number of hydrogen-bond acceptors (Lipinski definition) is 4. The van der Waals surface area contributed by atoms with Crippen LogP contribution >= 0.6 is 0 Å². The van der Waals surface area contributed by atoms with E-state index in [1.54, 1.807) is 7.11 Å². The van der Waals surface area contributed by atoms with E-state index in [1.165, 1.54) is 12.8 Å². The highest BCUT2D eigenvalue weighted by atomic mass is 16.5. The van der Waals surface area contributed by atoms with Crippen molar-refractivity contribution in [2.45, 2.75) is 37.4 Å². The van der Waals surface area contributed by atoms with Crippen LogP contribution in [0.2, 0.25) is 0 Å². The highest BCUT2D eigenvalue weighted by molar-refractivity contribution is 4.93. The van der Waals surface area contributed by atoms with E-state index < -0.39 is 0 Å². The van der Waals surface area contributed by atoms with E-state index in [2.05, 4.69) is 4.90 Å². The Morgan fingerprint density at radius 2 is 2.20 bits per heavy atom.